The highest BCUT2D eigenvalue weighted by molar-refractivity contribution is 7.89. The van der Waals surface area contributed by atoms with E-state index in [1.807, 2.05) is 7.05 Å². The molecule has 7 nitrogen and oxygen atoms in total. The Kier molecular flexibility index (Phi) is 5.14. The highest BCUT2D eigenvalue weighted by Gasteiger charge is 2.30. The lowest BCUT2D eigenvalue weighted by molar-refractivity contribution is 0.0632. The maximum Gasteiger partial charge on any atom is 0.246 e. The fourth-order valence-electron chi connectivity index (χ4n) is 2.24. The third-order valence-electron chi connectivity index (χ3n) is 3.58. The quantitative estimate of drug-likeness (QED) is 0.794. The molecule has 0 atom stereocenters. The minimum Gasteiger partial charge on any atom is -0.381 e. The molecule has 1 saturated heterocycles. The molecule has 8 heteroatoms. The van der Waals surface area contributed by atoms with Crippen LogP contribution in [0.5, 0.6) is 0 Å². The molecule has 2 rings (SSSR count). The number of rotatable bonds is 6. The summed E-state index contributed by atoms with van der Waals surface area (Å²) >= 11 is 0. The van der Waals surface area contributed by atoms with Gasteiger partial charge in [-0.2, -0.15) is 9.40 Å². The predicted molar refractivity (Wildman–Crippen MR) is 74.9 cm³/mol. The topological polar surface area (TPSA) is 76.5 Å². The van der Waals surface area contributed by atoms with Crippen LogP contribution in [0.1, 0.15) is 12.8 Å². The van der Waals surface area contributed by atoms with Gasteiger partial charge in [-0.15, -0.1) is 0 Å². The van der Waals surface area contributed by atoms with Crippen LogP contribution in [0.3, 0.4) is 0 Å². The minimum absolute atomic E-state index is 0.00871. The van der Waals surface area contributed by atoms with E-state index in [0.717, 1.165) is 19.4 Å². The predicted octanol–water partition coefficient (Wildman–Crippen LogP) is -0.0980. The van der Waals surface area contributed by atoms with Crippen LogP contribution in [-0.2, 0) is 21.3 Å². The second kappa shape index (κ2) is 6.66. The van der Waals surface area contributed by atoms with E-state index in [1.165, 1.54) is 10.5 Å². The lowest BCUT2D eigenvalue weighted by Crippen LogP contribution is -2.40. The van der Waals surface area contributed by atoms with Gasteiger partial charge in [-0.1, -0.05) is 0 Å². The molecule has 1 aromatic heterocycles. The van der Waals surface area contributed by atoms with Gasteiger partial charge < -0.3 is 10.1 Å². The van der Waals surface area contributed by atoms with E-state index >= 15 is 0 Å². The summed E-state index contributed by atoms with van der Waals surface area (Å²) in [5.74, 6) is 0. The average molecular weight is 302 g/mol. The zero-order valence-corrected chi connectivity index (χ0v) is 12.8. The number of likely N-dealkylation sites (N-methyl/N-ethyl adjacent to an activating group) is 1. The average Bonchev–Trinajstić information content (AvgIpc) is 2.94. The van der Waals surface area contributed by atoms with E-state index in [0.29, 0.717) is 19.8 Å². The van der Waals surface area contributed by atoms with E-state index < -0.39 is 10.0 Å². The standard InChI is InChI=1S/C12H22N4O3S/c1-13-5-6-16-10-12(9-14-16)20(17,18)15(2)11-3-7-19-8-4-11/h9-11,13H,3-8H2,1-2H3. The van der Waals surface area contributed by atoms with Crippen LogP contribution >= 0.6 is 0 Å². The number of ether oxygens (including phenoxy) is 1. The molecular weight excluding hydrogens is 280 g/mol. The maximum atomic E-state index is 12.5. The molecule has 2 heterocycles. The lowest BCUT2D eigenvalue weighted by atomic mass is 10.1. The second-order valence-electron chi connectivity index (χ2n) is 4.91. The summed E-state index contributed by atoms with van der Waals surface area (Å²) in [4.78, 5) is 0.252. The Hall–Kier alpha value is -0.960. The van der Waals surface area contributed by atoms with Crippen molar-refractivity contribution in [3.05, 3.63) is 12.4 Å². The number of nitrogens with one attached hydrogen (secondary N) is 1. The van der Waals surface area contributed by atoms with Gasteiger partial charge in [0.05, 0.1) is 12.7 Å². The monoisotopic (exact) mass is 302 g/mol. The van der Waals surface area contributed by atoms with Crippen LogP contribution in [0.4, 0.5) is 0 Å². The molecule has 0 unspecified atom stereocenters. The van der Waals surface area contributed by atoms with Gasteiger partial charge in [0.1, 0.15) is 4.90 Å². The molecule has 0 saturated carbocycles. The molecule has 1 N–H and O–H groups in total. The Morgan fingerprint density at radius 3 is 2.85 bits per heavy atom. The fourth-order valence-corrected chi connectivity index (χ4v) is 3.61. The van der Waals surface area contributed by atoms with Crippen molar-refractivity contribution in [2.45, 2.75) is 30.3 Å². The van der Waals surface area contributed by atoms with Gasteiger partial charge in [0.25, 0.3) is 0 Å². The molecule has 1 aromatic rings. The van der Waals surface area contributed by atoms with Gasteiger partial charge in [0, 0.05) is 39.0 Å². The summed E-state index contributed by atoms with van der Waals surface area (Å²) in [7, 11) is 0.0137. The van der Waals surface area contributed by atoms with E-state index in [2.05, 4.69) is 10.4 Å². The zero-order valence-electron chi connectivity index (χ0n) is 11.9. The van der Waals surface area contributed by atoms with Crippen molar-refractivity contribution in [2.24, 2.45) is 0 Å². The van der Waals surface area contributed by atoms with Crippen LogP contribution in [0.25, 0.3) is 0 Å². The summed E-state index contributed by atoms with van der Waals surface area (Å²) in [5, 5.41) is 7.10. The third kappa shape index (κ3) is 3.38. The molecule has 114 valence electrons. The van der Waals surface area contributed by atoms with E-state index in [-0.39, 0.29) is 10.9 Å². The molecule has 1 aliphatic rings. The van der Waals surface area contributed by atoms with Crippen LogP contribution < -0.4 is 5.32 Å². The number of aromatic nitrogens is 2. The Balaban J connectivity index is 2.10. The van der Waals surface area contributed by atoms with Crippen molar-refractivity contribution in [3.63, 3.8) is 0 Å². The van der Waals surface area contributed by atoms with E-state index in [9.17, 15) is 8.42 Å². The van der Waals surface area contributed by atoms with Gasteiger partial charge in [-0.25, -0.2) is 8.42 Å². The number of hydrogen-bond acceptors (Lipinski definition) is 5. The molecule has 0 bridgehead atoms. The molecule has 0 amide bonds. The molecule has 0 radical (unpaired) electrons. The molecule has 0 spiro atoms. The largest absolute Gasteiger partial charge is 0.381 e. The van der Waals surface area contributed by atoms with Gasteiger partial charge in [-0.05, 0) is 19.9 Å². The van der Waals surface area contributed by atoms with E-state index in [1.54, 1.807) is 17.9 Å². The van der Waals surface area contributed by atoms with Crippen molar-refractivity contribution in [1.29, 1.82) is 0 Å². The van der Waals surface area contributed by atoms with Gasteiger partial charge in [0.2, 0.25) is 10.0 Å². The van der Waals surface area contributed by atoms with Crippen molar-refractivity contribution in [2.75, 3.05) is 33.9 Å². The van der Waals surface area contributed by atoms with Crippen LogP contribution in [0.15, 0.2) is 17.3 Å². The molecular formula is C12H22N4O3S. The number of hydrogen-bond donors (Lipinski definition) is 1. The maximum absolute atomic E-state index is 12.5. The van der Waals surface area contributed by atoms with Crippen molar-refractivity contribution in [3.8, 4) is 0 Å². The van der Waals surface area contributed by atoms with E-state index in [4.69, 9.17) is 4.74 Å². The molecule has 1 aliphatic heterocycles. The molecule has 1 fully saturated rings. The molecule has 20 heavy (non-hydrogen) atoms. The molecule has 0 aliphatic carbocycles. The fraction of sp³-hybridized carbons (Fsp3) is 0.750. The highest BCUT2D eigenvalue weighted by atomic mass is 32.2. The third-order valence-corrected chi connectivity index (χ3v) is 5.45. The Morgan fingerprint density at radius 2 is 2.20 bits per heavy atom. The zero-order chi connectivity index (χ0) is 14.6. The lowest BCUT2D eigenvalue weighted by Gasteiger charge is -2.29. The summed E-state index contributed by atoms with van der Waals surface area (Å²) < 4.78 is 33.4. The minimum atomic E-state index is -3.47. The van der Waals surface area contributed by atoms with Crippen LogP contribution in [0.2, 0.25) is 0 Å². The Morgan fingerprint density at radius 1 is 1.50 bits per heavy atom. The SMILES string of the molecule is CNCCn1cc(S(=O)(=O)N(C)C2CCOCC2)cn1. The summed E-state index contributed by atoms with van der Waals surface area (Å²) in [6.07, 6.45) is 4.48. The summed E-state index contributed by atoms with van der Waals surface area (Å²) in [6.45, 7) is 2.63. The van der Waals surface area contributed by atoms with Crippen LogP contribution in [0, 0.1) is 0 Å². The number of nitrogens with zero attached hydrogens (tertiary/aromatic N) is 3. The first-order chi connectivity index (χ1) is 9.55. The van der Waals surface area contributed by atoms with Crippen molar-refractivity contribution in [1.82, 2.24) is 19.4 Å². The first-order valence-corrected chi connectivity index (χ1v) is 8.22. The number of sulfonamides is 1. The first kappa shape index (κ1) is 15.4. The normalized spacial score (nSPS) is 17.8. The Bertz CT molecular complexity index is 523. The van der Waals surface area contributed by atoms with Crippen molar-refractivity contribution >= 4 is 10.0 Å². The first-order valence-electron chi connectivity index (χ1n) is 6.78. The summed E-state index contributed by atoms with van der Waals surface area (Å²) in [5.41, 5.74) is 0. The van der Waals surface area contributed by atoms with Crippen molar-refractivity contribution < 1.29 is 13.2 Å². The summed E-state index contributed by atoms with van der Waals surface area (Å²) in [6, 6.07) is 0.00871. The smallest absolute Gasteiger partial charge is 0.246 e. The van der Waals surface area contributed by atoms with Gasteiger partial charge in [-0.3, -0.25) is 4.68 Å². The Labute approximate surface area is 120 Å². The molecule has 0 aromatic carbocycles. The highest BCUT2D eigenvalue weighted by Crippen LogP contribution is 2.21. The van der Waals surface area contributed by atoms with Gasteiger partial charge >= 0.3 is 0 Å². The second-order valence-corrected chi connectivity index (χ2v) is 6.90. The van der Waals surface area contributed by atoms with Gasteiger partial charge in [0.15, 0.2) is 0 Å². The van der Waals surface area contributed by atoms with Crippen LogP contribution in [-0.4, -0.2) is 62.4 Å².